The van der Waals surface area contributed by atoms with Crippen molar-refractivity contribution < 1.29 is 9.90 Å². The standard InChI is InChI=1S/C22H26N4O2/c1-13(2)26-21(22(28)24-17-9-10-18(27)11-17)19(15-7-8-15)20(25-26)16-5-3-14(12-23)4-6-16/h3-6,13,15,17-18,27H,7-11H2,1-2H3,(H,24,28)/t17-,18+/m1/s1. The molecular formula is C22H26N4O2. The number of nitrogens with one attached hydrogen (secondary N) is 1. The van der Waals surface area contributed by atoms with E-state index >= 15 is 0 Å². The molecule has 146 valence electrons. The van der Waals surface area contributed by atoms with Crippen LogP contribution in [-0.2, 0) is 0 Å². The van der Waals surface area contributed by atoms with Gasteiger partial charge in [0.2, 0.25) is 0 Å². The molecule has 2 atom stereocenters. The van der Waals surface area contributed by atoms with Crippen LogP contribution in [0.5, 0.6) is 0 Å². The molecule has 1 amide bonds. The topological polar surface area (TPSA) is 90.9 Å². The molecule has 6 heteroatoms. The number of nitrogens with zero attached hydrogens (tertiary/aromatic N) is 3. The van der Waals surface area contributed by atoms with Gasteiger partial charge in [0.1, 0.15) is 5.69 Å². The fourth-order valence-electron chi connectivity index (χ4n) is 4.06. The predicted molar refractivity (Wildman–Crippen MR) is 106 cm³/mol. The third-order valence-corrected chi connectivity index (χ3v) is 5.66. The molecule has 0 bridgehead atoms. The number of aliphatic hydroxyl groups is 1. The third-order valence-electron chi connectivity index (χ3n) is 5.66. The van der Waals surface area contributed by atoms with Gasteiger partial charge in [-0.1, -0.05) is 12.1 Å². The Labute approximate surface area is 165 Å². The highest BCUT2D eigenvalue weighted by Crippen LogP contribution is 2.46. The third kappa shape index (κ3) is 3.55. The highest BCUT2D eigenvalue weighted by Gasteiger charge is 2.37. The Morgan fingerprint density at radius 3 is 2.50 bits per heavy atom. The number of hydrogen-bond acceptors (Lipinski definition) is 4. The highest BCUT2D eigenvalue weighted by molar-refractivity contribution is 5.96. The zero-order valence-electron chi connectivity index (χ0n) is 16.4. The summed E-state index contributed by atoms with van der Waals surface area (Å²) in [5.74, 6) is 0.259. The van der Waals surface area contributed by atoms with Gasteiger partial charge in [0.25, 0.3) is 5.91 Å². The lowest BCUT2D eigenvalue weighted by molar-refractivity contribution is 0.0920. The molecule has 0 unspecified atom stereocenters. The van der Waals surface area contributed by atoms with Gasteiger partial charge in [-0.3, -0.25) is 9.48 Å². The van der Waals surface area contributed by atoms with Crippen molar-refractivity contribution in [3.63, 3.8) is 0 Å². The minimum atomic E-state index is -0.322. The molecule has 1 aromatic carbocycles. The van der Waals surface area contributed by atoms with Gasteiger partial charge in [-0.15, -0.1) is 0 Å². The van der Waals surface area contributed by atoms with E-state index in [1.807, 2.05) is 30.7 Å². The Kier molecular flexibility index (Phi) is 4.94. The maximum absolute atomic E-state index is 13.2. The van der Waals surface area contributed by atoms with Crippen molar-refractivity contribution >= 4 is 5.91 Å². The minimum absolute atomic E-state index is 0.0171. The molecule has 0 aliphatic heterocycles. The summed E-state index contributed by atoms with van der Waals surface area (Å²) in [6, 6.07) is 9.62. The monoisotopic (exact) mass is 378 g/mol. The van der Waals surface area contributed by atoms with Crippen LogP contribution in [0.15, 0.2) is 24.3 Å². The number of rotatable bonds is 5. The molecule has 1 heterocycles. The van der Waals surface area contributed by atoms with Crippen LogP contribution in [0.3, 0.4) is 0 Å². The smallest absolute Gasteiger partial charge is 0.270 e. The molecule has 6 nitrogen and oxygen atoms in total. The van der Waals surface area contributed by atoms with Crippen LogP contribution in [0.25, 0.3) is 11.3 Å². The van der Waals surface area contributed by atoms with E-state index in [1.54, 1.807) is 12.1 Å². The summed E-state index contributed by atoms with van der Waals surface area (Å²) in [4.78, 5) is 13.2. The van der Waals surface area contributed by atoms with Crippen LogP contribution in [0.4, 0.5) is 0 Å². The van der Waals surface area contributed by atoms with E-state index in [0.717, 1.165) is 42.5 Å². The highest BCUT2D eigenvalue weighted by atomic mass is 16.3. The van der Waals surface area contributed by atoms with Gasteiger partial charge >= 0.3 is 0 Å². The van der Waals surface area contributed by atoms with Crippen molar-refractivity contribution in [3.05, 3.63) is 41.1 Å². The van der Waals surface area contributed by atoms with Gasteiger partial charge in [-0.2, -0.15) is 10.4 Å². The largest absolute Gasteiger partial charge is 0.393 e. The first kappa shape index (κ1) is 18.7. The first-order valence-electron chi connectivity index (χ1n) is 10.1. The normalized spacial score (nSPS) is 21.7. The van der Waals surface area contributed by atoms with E-state index in [4.69, 9.17) is 10.4 Å². The summed E-state index contributed by atoms with van der Waals surface area (Å²) >= 11 is 0. The van der Waals surface area contributed by atoms with E-state index < -0.39 is 0 Å². The Morgan fingerprint density at radius 2 is 1.96 bits per heavy atom. The second-order valence-electron chi connectivity index (χ2n) is 8.25. The minimum Gasteiger partial charge on any atom is -0.393 e. The molecule has 0 saturated heterocycles. The Hall–Kier alpha value is -2.65. The fourth-order valence-corrected chi connectivity index (χ4v) is 4.06. The molecule has 0 spiro atoms. The van der Waals surface area contributed by atoms with E-state index in [0.29, 0.717) is 23.6 Å². The van der Waals surface area contributed by atoms with Gasteiger partial charge in [-0.25, -0.2) is 0 Å². The number of amides is 1. The number of hydrogen-bond donors (Lipinski definition) is 2. The van der Waals surface area contributed by atoms with Gasteiger partial charge < -0.3 is 10.4 Å². The summed E-state index contributed by atoms with van der Waals surface area (Å²) in [5, 5.41) is 26.8. The van der Waals surface area contributed by atoms with Crippen molar-refractivity contribution in [1.29, 1.82) is 5.26 Å². The van der Waals surface area contributed by atoms with Crippen LogP contribution in [0.2, 0.25) is 0 Å². The number of carbonyl (C=O) groups is 1. The van der Waals surface area contributed by atoms with Crippen LogP contribution >= 0.6 is 0 Å². The van der Waals surface area contributed by atoms with E-state index in [-0.39, 0.29) is 24.1 Å². The lowest BCUT2D eigenvalue weighted by atomic mass is 10.0. The second-order valence-corrected chi connectivity index (χ2v) is 8.25. The molecule has 2 aliphatic rings. The lowest BCUT2D eigenvalue weighted by Gasteiger charge is -2.16. The van der Waals surface area contributed by atoms with Crippen molar-refractivity contribution in [2.45, 2.75) is 70.1 Å². The average Bonchev–Trinajstić information content (AvgIpc) is 3.31. The maximum atomic E-state index is 13.2. The number of aromatic nitrogens is 2. The van der Waals surface area contributed by atoms with Crippen molar-refractivity contribution in [1.82, 2.24) is 15.1 Å². The van der Waals surface area contributed by atoms with Gasteiger partial charge in [0.15, 0.2) is 0 Å². The Morgan fingerprint density at radius 1 is 1.25 bits per heavy atom. The summed E-state index contributed by atoms with van der Waals surface area (Å²) in [7, 11) is 0. The average molecular weight is 378 g/mol. The van der Waals surface area contributed by atoms with Crippen molar-refractivity contribution in [2.75, 3.05) is 0 Å². The zero-order valence-corrected chi connectivity index (χ0v) is 16.4. The molecule has 4 rings (SSSR count). The van der Waals surface area contributed by atoms with Gasteiger partial charge in [0, 0.05) is 23.2 Å². The molecule has 28 heavy (non-hydrogen) atoms. The maximum Gasteiger partial charge on any atom is 0.270 e. The molecule has 2 saturated carbocycles. The van der Waals surface area contributed by atoms with E-state index in [1.165, 1.54) is 0 Å². The van der Waals surface area contributed by atoms with E-state index in [2.05, 4.69) is 11.4 Å². The first-order valence-corrected chi connectivity index (χ1v) is 10.1. The molecule has 1 aromatic heterocycles. The van der Waals surface area contributed by atoms with Crippen LogP contribution in [-0.4, -0.2) is 32.9 Å². The van der Waals surface area contributed by atoms with E-state index in [9.17, 15) is 9.90 Å². The molecular weight excluding hydrogens is 352 g/mol. The fraction of sp³-hybridized carbons (Fsp3) is 0.500. The second kappa shape index (κ2) is 7.40. The molecule has 2 aromatic rings. The van der Waals surface area contributed by atoms with Crippen LogP contribution < -0.4 is 5.32 Å². The molecule has 2 aliphatic carbocycles. The molecule has 2 N–H and O–H groups in total. The summed E-state index contributed by atoms with van der Waals surface area (Å²) in [5.41, 5.74) is 4.06. The van der Waals surface area contributed by atoms with Gasteiger partial charge in [-0.05, 0) is 64.0 Å². The summed E-state index contributed by atoms with van der Waals surface area (Å²) in [6.45, 7) is 4.06. The van der Waals surface area contributed by atoms with Crippen molar-refractivity contribution in [2.24, 2.45) is 0 Å². The number of nitriles is 1. The first-order chi connectivity index (χ1) is 13.5. The Balaban J connectivity index is 1.75. The SMILES string of the molecule is CC(C)n1nc(-c2ccc(C#N)cc2)c(C2CC2)c1C(=O)N[C@@H]1CC[C@H](O)C1. The summed E-state index contributed by atoms with van der Waals surface area (Å²) < 4.78 is 1.84. The van der Waals surface area contributed by atoms with Gasteiger partial charge in [0.05, 0.1) is 23.4 Å². The summed E-state index contributed by atoms with van der Waals surface area (Å²) in [6.07, 6.45) is 3.97. The molecule has 0 radical (unpaired) electrons. The number of carbonyl (C=O) groups excluding carboxylic acids is 1. The quantitative estimate of drug-likeness (QED) is 0.833. The lowest BCUT2D eigenvalue weighted by Crippen LogP contribution is -2.35. The van der Waals surface area contributed by atoms with Crippen molar-refractivity contribution in [3.8, 4) is 17.3 Å². The number of benzene rings is 1. The Bertz CT molecular complexity index is 919. The number of aliphatic hydroxyl groups excluding tert-OH is 1. The van der Waals surface area contributed by atoms with Crippen LogP contribution in [0, 0.1) is 11.3 Å². The van der Waals surface area contributed by atoms with Crippen LogP contribution in [0.1, 0.15) is 79.5 Å². The zero-order chi connectivity index (χ0) is 19.8. The molecule has 2 fully saturated rings. The predicted octanol–water partition coefficient (Wildman–Crippen LogP) is 3.52.